The predicted molar refractivity (Wildman–Crippen MR) is 164 cm³/mol. The Balaban J connectivity index is 5.01. The molecular formula is C34H70NO+. The lowest BCUT2D eigenvalue weighted by Crippen LogP contribution is -2.50. The quantitative estimate of drug-likeness (QED) is 0.0699. The van der Waals surface area contributed by atoms with Gasteiger partial charge in [-0.15, -0.1) is 0 Å². The van der Waals surface area contributed by atoms with Crippen LogP contribution >= 0.6 is 0 Å². The number of unbranched alkanes of at least 4 members (excludes halogenated alkanes) is 16. The SMILES string of the molecule is CCCCCCCC[N+](CCCC=CC(O)C(C)(C)C)(CCCCCCCC)CCCCCCCC. The third kappa shape index (κ3) is 20.7. The summed E-state index contributed by atoms with van der Waals surface area (Å²) in [6, 6.07) is 0. The molecule has 0 heterocycles. The highest BCUT2D eigenvalue weighted by Crippen LogP contribution is 2.22. The van der Waals surface area contributed by atoms with Gasteiger partial charge in [-0.05, 0) is 50.4 Å². The van der Waals surface area contributed by atoms with Gasteiger partial charge in [0.2, 0.25) is 0 Å². The summed E-state index contributed by atoms with van der Waals surface area (Å²) in [5.74, 6) is 0. The van der Waals surface area contributed by atoms with Gasteiger partial charge in [0.25, 0.3) is 0 Å². The monoisotopic (exact) mass is 509 g/mol. The van der Waals surface area contributed by atoms with Crippen molar-refractivity contribution in [3.8, 4) is 0 Å². The average molecular weight is 509 g/mol. The van der Waals surface area contributed by atoms with Crippen molar-refractivity contribution < 1.29 is 9.59 Å². The first-order valence-corrected chi connectivity index (χ1v) is 16.5. The fourth-order valence-electron chi connectivity index (χ4n) is 5.41. The van der Waals surface area contributed by atoms with Crippen molar-refractivity contribution in [1.29, 1.82) is 0 Å². The molecule has 0 aromatic carbocycles. The molecule has 0 spiro atoms. The summed E-state index contributed by atoms with van der Waals surface area (Å²) in [4.78, 5) is 0. The van der Waals surface area contributed by atoms with Gasteiger partial charge in [-0.1, -0.05) is 131 Å². The Bertz CT molecular complexity index is 437. The molecule has 216 valence electrons. The van der Waals surface area contributed by atoms with Crippen molar-refractivity contribution in [2.45, 2.75) is 176 Å². The second-order valence-electron chi connectivity index (χ2n) is 12.9. The number of aliphatic hydroxyl groups excluding tert-OH is 1. The van der Waals surface area contributed by atoms with Crippen molar-refractivity contribution in [2.75, 3.05) is 26.2 Å². The standard InChI is InChI=1S/C34H70NO/c1-7-10-13-16-19-24-29-35(30-25-20-17-14-11-8-2,31-26-21-18-15-12-9-3)32-27-22-23-28-33(36)34(4,5)6/h23,28,33,36H,7-22,24-27,29-32H2,1-6H3/q+1. The predicted octanol–water partition coefficient (Wildman–Crippen LogP) is 10.6. The van der Waals surface area contributed by atoms with E-state index in [9.17, 15) is 5.11 Å². The number of hydrogen-bond donors (Lipinski definition) is 1. The van der Waals surface area contributed by atoms with Gasteiger partial charge in [0.05, 0.1) is 32.3 Å². The van der Waals surface area contributed by atoms with Crippen molar-refractivity contribution in [2.24, 2.45) is 5.41 Å². The zero-order valence-corrected chi connectivity index (χ0v) is 26.1. The second-order valence-corrected chi connectivity index (χ2v) is 12.9. The van der Waals surface area contributed by atoms with Crippen molar-refractivity contribution in [1.82, 2.24) is 0 Å². The molecule has 0 saturated heterocycles. The number of quaternary nitrogens is 1. The summed E-state index contributed by atoms with van der Waals surface area (Å²) in [6.07, 6.45) is 31.6. The first-order valence-electron chi connectivity index (χ1n) is 16.5. The molecule has 1 unspecified atom stereocenters. The van der Waals surface area contributed by atoms with Crippen LogP contribution in [-0.4, -0.2) is 41.9 Å². The van der Waals surface area contributed by atoms with Gasteiger partial charge in [-0.2, -0.15) is 0 Å². The van der Waals surface area contributed by atoms with Crippen LogP contribution in [0.1, 0.15) is 170 Å². The van der Waals surface area contributed by atoms with Gasteiger partial charge in [-0.25, -0.2) is 0 Å². The minimum Gasteiger partial charge on any atom is -0.388 e. The summed E-state index contributed by atoms with van der Waals surface area (Å²) in [5.41, 5.74) is -0.0658. The normalized spacial score (nSPS) is 13.6. The van der Waals surface area contributed by atoms with E-state index in [4.69, 9.17) is 0 Å². The maximum Gasteiger partial charge on any atom is 0.0789 e. The minimum atomic E-state index is -0.342. The van der Waals surface area contributed by atoms with Crippen molar-refractivity contribution >= 4 is 0 Å². The van der Waals surface area contributed by atoms with Crippen LogP contribution in [0.4, 0.5) is 0 Å². The Morgan fingerprint density at radius 2 is 0.861 bits per heavy atom. The van der Waals surface area contributed by atoms with Crippen LogP contribution < -0.4 is 0 Å². The molecule has 0 aromatic heterocycles. The van der Waals surface area contributed by atoms with E-state index in [2.05, 4.69) is 47.6 Å². The topological polar surface area (TPSA) is 20.2 Å². The van der Waals surface area contributed by atoms with E-state index in [1.54, 1.807) is 0 Å². The Hall–Kier alpha value is -0.340. The second kappa shape index (κ2) is 23.8. The summed E-state index contributed by atoms with van der Waals surface area (Å²) in [5, 5.41) is 10.4. The molecule has 0 aliphatic carbocycles. The molecule has 0 bridgehead atoms. The van der Waals surface area contributed by atoms with E-state index in [-0.39, 0.29) is 11.5 Å². The van der Waals surface area contributed by atoms with E-state index >= 15 is 0 Å². The van der Waals surface area contributed by atoms with Gasteiger partial charge in [0, 0.05) is 6.42 Å². The lowest BCUT2D eigenvalue weighted by molar-refractivity contribution is -0.929. The van der Waals surface area contributed by atoms with E-state index in [0.717, 1.165) is 6.42 Å². The van der Waals surface area contributed by atoms with Crippen LogP contribution in [0, 0.1) is 5.41 Å². The summed E-state index contributed by atoms with van der Waals surface area (Å²) in [7, 11) is 0. The largest absolute Gasteiger partial charge is 0.388 e. The molecule has 0 fully saturated rings. The number of allylic oxidation sites excluding steroid dienone is 1. The third-order valence-electron chi connectivity index (χ3n) is 8.17. The first kappa shape index (κ1) is 35.7. The van der Waals surface area contributed by atoms with Gasteiger partial charge in [-0.3, -0.25) is 0 Å². The molecule has 2 heteroatoms. The fraction of sp³-hybridized carbons (Fsp3) is 0.941. The zero-order valence-electron chi connectivity index (χ0n) is 26.1. The molecule has 0 aliphatic heterocycles. The fourth-order valence-corrected chi connectivity index (χ4v) is 5.41. The first-order chi connectivity index (χ1) is 17.3. The number of hydrogen-bond acceptors (Lipinski definition) is 1. The molecule has 0 aromatic rings. The van der Waals surface area contributed by atoms with Crippen LogP contribution in [0.25, 0.3) is 0 Å². The van der Waals surface area contributed by atoms with E-state index in [1.165, 1.54) is 153 Å². The number of nitrogens with zero attached hydrogens (tertiary/aromatic N) is 1. The molecule has 36 heavy (non-hydrogen) atoms. The van der Waals surface area contributed by atoms with Crippen LogP contribution in [-0.2, 0) is 0 Å². The summed E-state index contributed by atoms with van der Waals surface area (Å²) < 4.78 is 1.37. The molecule has 1 atom stereocenters. The van der Waals surface area contributed by atoms with Crippen LogP contribution in [0.3, 0.4) is 0 Å². The Morgan fingerprint density at radius 1 is 0.528 bits per heavy atom. The van der Waals surface area contributed by atoms with Gasteiger partial charge >= 0.3 is 0 Å². The third-order valence-corrected chi connectivity index (χ3v) is 8.17. The maximum atomic E-state index is 10.4. The molecular weight excluding hydrogens is 438 g/mol. The number of aliphatic hydroxyl groups is 1. The van der Waals surface area contributed by atoms with Crippen molar-refractivity contribution in [3.63, 3.8) is 0 Å². The molecule has 1 N–H and O–H groups in total. The van der Waals surface area contributed by atoms with Gasteiger partial charge in [0.15, 0.2) is 0 Å². The lowest BCUT2D eigenvalue weighted by atomic mass is 9.89. The van der Waals surface area contributed by atoms with Gasteiger partial charge < -0.3 is 9.59 Å². The van der Waals surface area contributed by atoms with Crippen LogP contribution in [0.2, 0.25) is 0 Å². The zero-order chi connectivity index (χ0) is 27.0. The Morgan fingerprint density at radius 3 is 1.22 bits per heavy atom. The molecule has 0 amide bonds. The Labute approximate surface area is 229 Å². The number of rotatable bonds is 26. The highest BCUT2D eigenvalue weighted by Gasteiger charge is 2.26. The smallest absolute Gasteiger partial charge is 0.0789 e. The Kier molecular flexibility index (Phi) is 23.5. The molecule has 0 radical (unpaired) electrons. The van der Waals surface area contributed by atoms with E-state index in [0.29, 0.717) is 0 Å². The van der Waals surface area contributed by atoms with Crippen LogP contribution in [0.5, 0.6) is 0 Å². The highest BCUT2D eigenvalue weighted by molar-refractivity contribution is 4.94. The molecule has 0 rings (SSSR count). The maximum absolute atomic E-state index is 10.4. The minimum absolute atomic E-state index is 0.0658. The molecule has 2 nitrogen and oxygen atoms in total. The van der Waals surface area contributed by atoms with E-state index < -0.39 is 0 Å². The van der Waals surface area contributed by atoms with Crippen LogP contribution in [0.15, 0.2) is 12.2 Å². The molecule has 0 saturated carbocycles. The van der Waals surface area contributed by atoms with Gasteiger partial charge in [0.1, 0.15) is 0 Å². The van der Waals surface area contributed by atoms with E-state index in [1.807, 2.05) is 6.08 Å². The highest BCUT2D eigenvalue weighted by atomic mass is 16.3. The lowest BCUT2D eigenvalue weighted by Gasteiger charge is -2.39. The summed E-state index contributed by atoms with van der Waals surface area (Å²) in [6.45, 7) is 18.8. The molecule has 0 aliphatic rings. The summed E-state index contributed by atoms with van der Waals surface area (Å²) >= 11 is 0. The average Bonchev–Trinajstić information content (AvgIpc) is 2.84. The van der Waals surface area contributed by atoms with Crippen molar-refractivity contribution in [3.05, 3.63) is 12.2 Å².